The zero-order valence-electron chi connectivity index (χ0n) is 10.4. The average molecular weight is 325 g/mol. The first kappa shape index (κ1) is 12.3. The number of hydrogen-bond donors (Lipinski definition) is 0. The van der Waals surface area contributed by atoms with Crippen molar-refractivity contribution in [1.82, 2.24) is 0 Å². The molecular formula is C14H16NOSSe+. The summed E-state index contributed by atoms with van der Waals surface area (Å²) in [6.45, 7) is 2.04. The summed E-state index contributed by atoms with van der Waals surface area (Å²) in [5, 5.41) is 0. The summed E-state index contributed by atoms with van der Waals surface area (Å²) in [6.07, 6.45) is 4.90. The van der Waals surface area contributed by atoms with E-state index < -0.39 is 0 Å². The standard InChI is InChI=1S/C14H16NOSSe/c1-10(14(16)13-7-4-8-18-13)15-9-17-12-6-3-2-5-11(12)15/h4,7-10H,2-3,5-6H2,1H3/q+1. The van der Waals surface area contributed by atoms with Crippen molar-refractivity contribution in [2.75, 3.05) is 0 Å². The molecule has 2 aromatic heterocycles. The van der Waals surface area contributed by atoms with Gasteiger partial charge in [-0.2, -0.15) is 0 Å². The van der Waals surface area contributed by atoms with E-state index in [0.717, 1.165) is 10.9 Å². The Balaban J connectivity index is 1.91. The van der Waals surface area contributed by atoms with Crippen LogP contribution in [0.4, 0.5) is 0 Å². The van der Waals surface area contributed by atoms with E-state index in [1.54, 1.807) is 0 Å². The summed E-state index contributed by atoms with van der Waals surface area (Å²) in [5.74, 6) is 0.302. The Hall–Kier alpha value is -0.701. The Labute approximate surface area is 117 Å². The Bertz CT molecular complexity index is 558. The Morgan fingerprint density at radius 1 is 1.44 bits per heavy atom. The molecule has 0 N–H and O–H groups in total. The fraction of sp³-hybridized carbons (Fsp3) is 0.429. The van der Waals surface area contributed by atoms with E-state index in [-0.39, 0.29) is 20.5 Å². The van der Waals surface area contributed by atoms with Crippen molar-refractivity contribution in [3.8, 4) is 0 Å². The third kappa shape index (κ3) is 2.13. The molecule has 0 saturated heterocycles. The summed E-state index contributed by atoms with van der Waals surface area (Å²) in [7, 11) is 0. The number of carbonyl (C=O) groups excluding carboxylic acids is 1. The van der Waals surface area contributed by atoms with E-state index in [1.807, 2.05) is 30.4 Å². The maximum absolute atomic E-state index is 12.4. The van der Waals surface area contributed by atoms with Crippen molar-refractivity contribution in [3.63, 3.8) is 0 Å². The number of ketones is 1. The number of nitrogens with zero attached hydrogens (tertiary/aromatic N) is 1. The molecule has 0 radical (unpaired) electrons. The van der Waals surface area contributed by atoms with Gasteiger partial charge in [0.1, 0.15) is 0 Å². The number of rotatable bonds is 3. The zero-order valence-corrected chi connectivity index (χ0v) is 12.9. The topological polar surface area (TPSA) is 20.9 Å². The number of hydrogen-bond acceptors (Lipinski definition) is 2. The number of fused-ring (bicyclic) bond motifs is 1. The fourth-order valence-corrected chi connectivity index (χ4v) is 5.25. The molecule has 1 atom stereocenters. The number of carbonyl (C=O) groups is 1. The number of thiazole rings is 1. The molecule has 1 aliphatic rings. The van der Waals surface area contributed by atoms with Crippen molar-refractivity contribution in [1.29, 1.82) is 0 Å². The SMILES string of the molecule is CC(C(=O)c1ccc[se]1)[n+]1csc2c1CCCC2. The van der Waals surface area contributed by atoms with Crippen LogP contribution >= 0.6 is 11.3 Å². The van der Waals surface area contributed by atoms with Crippen LogP contribution in [0.15, 0.2) is 22.6 Å². The molecule has 0 saturated carbocycles. The first-order valence-electron chi connectivity index (χ1n) is 6.35. The minimum absolute atomic E-state index is 0.0314. The van der Waals surface area contributed by atoms with Gasteiger partial charge in [0.05, 0.1) is 0 Å². The summed E-state index contributed by atoms with van der Waals surface area (Å²) >= 11 is 2.07. The van der Waals surface area contributed by atoms with Crippen LogP contribution in [0.1, 0.15) is 45.6 Å². The second-order valence-corrected chi connectivity index (χ2v) is 7.65. The van der Waals surface area contributed by atoms with Gasteiger partial charge in [-0.3, -0.25) is 0 Å². The summed E-state index contributed by atoms with van der Waals surface area (Å²) in [6, 6.07) is 3.96. The van der Waals surface area contributed by atoms with Crippen molar-refractivity contribution in [3.05, 3.63) is 37.6 Å². The van der Waals surface area contributed by atoms with Gasteiger partial charge >= 0.3 is 117 Å². The van der Waals surface area contributed by atoms with Crippen LogP contribution in [0.25, 0.3) is 0 Å². The van der Waals surface area contributed by atoms with Crippen LogP contribution in [0.3, 0.4) is 0 Å². The molecule has 0 fully saturated rings. The monoisotopic (exact) mass is 326 g/mol. The van der Waals surface area contributed by atoms with Crippen molar-refractivity contribution in [2.24, 2.45) is 0 Å². The molecule has 0 aromatic carbocycles. The first-order valence-corrected chi connectivity index (χ1v) is 9.08. The summed E-state index contributed by atoms with van der Waals surface area (Å²) in [5.41, 5.74) is 3.56. The molecule has 94 valence electrons. The number of Topliss-reactive ketones (excluding diaryl/α,β-unsaturated/α-hetero) is 1. The van der Waals surface area contributed by atoms with Gasteiger partial charge in [0.2, 0.25) is 0 Å². The van der Waals surface area contributed by atoms with Gasteiger partial charge in [0.25, 0.3) is 0 Å². The van der Waals surface area contributed by atoms with Crippen molar-refractivity contribution in [2.45, 2.75) is 38.6 Å². The maximum atomic E-state index is 12.4. The summed E-state index contributed by atoms with van der Waals surface area (Å²) in [4.78, 5) is 16.0. The molecule has 1 aliphatic carbocycles. The molecule has 0 spiro atoms. The molecular weight excluding hydrogens is 309 g/mol. The van der Waals surface area contributed by atoms with E-state index in [9.17, 15) is 4.79 Å². The molecule has 0 bridgehead atoms. The van der Waals surface area contributed by atoms with Crippen LogP contribution in [0.5, 0.6) is 0 Å². The molecule has 2 heterocycles. The quantitative estimate of drug-likeness (QED) is 0.482. The van der Waals surface area contributed by atoms with E-state index in [0.29, 0.717) is 5.78 Å². The second-order valence-electron chi connectivity index (χ2n) is 4.73. The number of aryl methyl sites for hydroxylation is 1. The normalized spacial score (nSPS) is 16.3. The summed E-state index contributed by atoms with van der Waals surface area (Å²) < 4.78 is 3.23. The minimum atomic E-state index is -0.0314. The van der Waals surface area contributed by atoms with Gasteiger partial charge in [-0.15, -0.1) is 0 Å². The van der Waals surface area contributed by atoms with Gasteiger partial charge in [-0.25, -0.2) is 0 Å². The van der Waals surface area contributed by atoms with Crippen LogP contribution in [0, 0.1) is 0 Å². The van der Waals surface area contributed by atoms with Gasteiger partial charge < -0.3 is 0 Å². The molecule has 2 aromatic rings. The molecule has 3 rings (SSSR count). The zero-order chi connectivity index (χ0) is 12.5. The Morgan fingerprint density at radius 2 is 2.28 bits per heavy atom. The Morgan fingerprint density at radius 3 is 3.06 bits per heavy atom. The fourth-order valence-electron chi connectivity index (χ4n) is 2.52. The van der Waals surface area contributed by atoms with Crippen LogP contribution < -0.4 is 4.57 Å². The van der Waals surface area contributed by atoms with E-state index in [1.165, 1.54) is 29.8 Å². The predicted octanol–water partition coefficient (Wildman–Crippen LogP) is 2.42. The van der Waals surface area contributed by atoms with Gasteiger partial charge in [0.15, 0.2) is 0 Å². The molecule has 0 amide bonds. The Kier molecular flexibility index (Phi) is 3.51. The van der Waals surface area contributed by atoms with Gasteiger partial charge in [0, 0.05) is 0 Å². The predicted molar refractivity (Wildman–Crippen MR) is 73.6 cm³/mol. The molecule has 18 heavy (non-hydrogen) atoms. The average Bonchev–Trinajstić information content (AvgIpc) is 3.06. The molecule has 2 nitrogen and oxygen atoms in total. The van der Waals surface area contributed by atoms with Crippen LogP contribution in [-0.4, -0.2) is 20.3 Å². The second kappa shape index (κ2) is 5.12. The molecule has 4 heteroatoms. The number of aromatic nitrogens is 1. The van der Waals surface area contributed by atoms with Gasteiger partial charge in [-0.1, -0.05) is 0 Å². The van der Waals surface area contributed by atoms with Crippen LogP contribution in [0.2, 0.25) is 0 Å². The first-order chi connectivity index (χ1) is 8.77. The van der Waals surface area contributed by atoms with Crippen molar-refractivity contribution < 1.29 is 9.36 Å². The molecule has 1 unspecified atom stereocenters. The third-order valence-corrected chi connectivity index (χ3v) is 6.48. The van der Waals surface area contributed by atoms with E-state index in [4.69, 9.17) is 0 Å². The van der Waals surface area contributed by atoms with E-state index >= 15 is 0 Å². The van der Waals surface area contributed by atoms with Gasteiger partial charge in [-0.05, 0) is 0 Å². The van der Waals surface area contributed by atoms with Crippen molar-refractivity contribution >= 4 is 31.6 Å². The van der Waals surface area contributed by atoms with Crippen LogP contribution in [-0.2, 0) is 12.8 Å². The third-order valence-electron chi connectivity index (χ3n) is 3.57. The molecule has 0 aliphatic heterocycles. The van der Waals surface area contributed by atoms with E-state index in [2.05, 4.69) is 15.0 Å².